The first-order valence-corrected chi connectivity index (χ1v) is 15.6. The van der Waals surface area contributed by atoms with Gasteiger partial charge in [0.2, 0.25) is 0 Å². The molecule has 0 radical (unpaired) electrons. The van der Waals surface area contributed by atoms with E-state index in [-0.39, 0.29) is 10.8 Å². The van der Waals surface area contributed by atoms with Gasteiger partial charge in [-0.15, -0.1) is 0 Å². The first-order valence-electron chi connectivity index (χ1n) is 13.3. The number of aryl methyl sites for hydroxylation is 1. The van der Waals surface area contributed by atoms with Crippen LogP contribution in [0.2, 0.25) is 0 Å². The van der Waals surface area contributed by atoms with Crippen LogP contribution in [0.3, 0.4) is 0 Å². The number of thiazole rings is 1. The van der Waals surface area contributed by atoms with Crippen LogP contribution in [0, 0.1) is 0 Å². The van der Waals surface area contributed by atoms with Crippen LogP contribution in [0.25, 0.3) is 10.2 Å². The summed E-state index contributed by atoms with van der Waals surface area (Å²) in [6.45, 7) is 5.40. The summed E-state index contributed by atoms with van der Waals surface area (Å²) in [5.41, 5.74) is 3.28. The topological polar surface area (TPSA) is 85.9 Å². The van der Waals surface area contributed by atoms with Gasteiger partial charge in [0.1, 0.15) is 0 Å². The van der Waals surface area contributed by atoms with Crippen LogP contribution >= 0.6 is 11.3 Å². The highest BCUT2D eigenvalue weighted by molar-refractivity contribution is 7.92. The molecule has 202 valence electrons. The number of hydrogen-bond donors (Lipinski definition) is 1. The Hall–Kier alpha value is -3.47. The van der Waals surface area contributed by atoms with E-state index in [0.717, 1.165) is 67.5 Å². The molecule has 0 saturated carbocycles. The van der Waals surface area contributed by atoms with E-state index in [9.17, 15) is 13.2 Å². The number of nitrogens with one attached hydrogen (secondary N) is 1. The molecule has 2 aliphatic rings. The maximum Gasteiger partial charge on any atom is 0.264 e. The molecule has 0 bridgehead atoms. The predicted molar refractivity (Wildman–Crippen MR) is 156 cm³/mol. The molecule has 0 spiro atoms. The Bertz CT molecular complexity index is 1550. The minimum absolute atomic E-state index is 0.196. The number of carbonyl (C=O) groups excluding carboxylic acids is 1. The number of nitrogens with zero attached hydrogens (tertiary/aromatic N) is 4. The Morgan fingerprint density at radius 3 is 2.44 bits per heavy atom. The van der Waals surface area contributed by atoms with E-state index in [4.69, 9.17) is 4.98 Å². The molecule has 1 N–H and O–H groups in total. The fourth-order valence-electron chi connectivity index (χ4n) is 5.24. The third kappa shape index (κ3) is 5.36. The maximum atomic E-state index is 13.4. The number of amides is 1. The molecule has 8 nitrogen and oxygen atoms in total. The van der Waals surface area contributed by atoms with Crippen molar-refractivity contribution in [3.63, 3.8) is 0 Å². The molecule has 39 heavy (non-hydrogen) atoms. The molecule has 1 fully saturated rings. The molecular weight excluding hydrogens is 530 g/mol. The SMILES string of the molecule is O=C(NCCN1CCN(c2nc3ccccc3s2)CC1)c1ccc(S(=O)(=O)N2CCCc3ccccc32)cc1. The van der Waals surface area contributed by atoms with Crippen molar-refractivity contribution in [2.24, 2.45) is 0 Å². The van der Waals surface area contributed by atoms with E-state index in [1.54, 1.807) is 23.5 Å². The van der Waals surface area contributed by atoms with Crippen molar-refractivity contribution < 1.29 is 13.2 Å². The van der Waals surface area contributed by atoms with Gasteiger partial charge in [0.25, 0.3) is 15.9 Å². The molecule has 0 unspecified atom stereocenters. The Labute approximate surface area is 232 Å². The number of sulfonamides is 1. The number of carbonyl (C=O) groups is 1. The summed E-state index contributed by atoms with van der Waals surface area (Å²) < 4.78 is 29.4. The third-order valence-corrected chi connectivity index (χ3v) is 10.3. The lowest BCUT2D eigenvalue weighted by Crippen LogP contribution is -2.48. The van der Waals surface area contributed by atoms with Crippen molar-refractivity contribution in [3.8, 4) is 0 Å². The van der Waals surface area contributed by atoms with Crippen molar-refractivity contribution in [2.45, 2.75) is 17.7 Å². The van der Waals surface area contributed by atoms with Gasteiger partial charge >= 0.3 is 0 Å². The summed E-state index contributed by atoms with van der Waals surface area (Å²) in [6.07, 6.45) is 1.66. The summed E-state index contributed by atoms with van der Waals surface area (Å²) in [7, 11) is -3.69. The van der Waals surface area contributed by atoms with Crippen molar-refractivity contribution in [1.29, 1.82) is 0 Å². The lowest BCUT2D eigenvalue weighted by atomic mass is 10.0. The van der Waals surface area contributed by atoms with Gasteiger partial charge in [0.15, 0.2) is 5.13 Å². The van der Waals surface area contributed by atoms with Crippen molar-refractivity contribution in [3.05, 3.63) is 83.9 Å². The first-order chi connectivity index (χ1) is 19.0. The van der Waals surface area contributed by atoms with Crippen LogP contribution in [-0.2, 0) is 16.4 Å². The van der Waals surface area contributed by atoms with Crippen LogP contribution in [-0.4, -0.2) is 70.0 Å². The molecule has 1 amide bonds. The largest absolute Gasteiger partial charge is 0.351 e. The summed E-state index contributed by atoms with van der Waals surface area (Å²) >= 11 is 1.73. The lowest BCUT2D eigenvalue weighted by molar-refractivity contribution is 0.0947. The van der Waals surface area contributed by atoms with Gasteiger partial charge in [0, 0.05) is 51.4 Å². The highest BCUT2D eigenvalue weighted by Crippen LogP contribution is 2.32. The number of aromatic nitrogens is 1. The quantitative estimate of drug-likeness (QED) is 0.367. The number of hydrogen-bond acceptors (Lipinski definition) is 7. The number of anilines is 2. The van der Waals surface area contributed by atoms with Crippen LogP contribution in [0.5, 0.6) is 0 Å². The molecule has 6 rings (SSSR count). The lowest BCUT2D eigenvalue weighted by Gasteiger charge is -2.34. The van der Waals surface area contributed by atoms with Gasteiger partial charge in [-0.2, -0.15) is 0 Å². The fourth-order valence-corrected chi connectivity index (χ4v) is 7.80. The average Bonchev–Trinajstić information content (AvgIpc) is 3.42. The Balaban J connectivity index is 1.00. The fraction of sp³-hybridized carbons (Fsp3) is 0.310. The minimum Gasteiger partial charge on any atom is -0.351 e. The second-order valence-electron chi connectivity index (χ2n) is 9.88. The first kappa shape index (κ1) is 25.8. The number of fused-ring (bicyclic) bond motifs is 2. The van der Waals surface area contributed by atoms with E-state index >= 15 is 0 Å². The molecule has 10 heteroatoms. The van der Waals surface area contributed by atoms with Gasteiger partial charge in [-0.25, -0.2) is 13.4 Å². The smallest absolute Gasteiger partial charge is 0.264 e. The zero-order chi connectivity index (χ0) is 26.8. The van der Waals surface area contributed by atoms with Crippen LogP contribution in [0.15, 0.2) is 77.7 Å². The molecular formula is C29H31N5O3S2. The van der Waals surface area contributed by atoms with E-state index in [0.29, 0.717) is 18.7 Å². The van der Waals surface area contributed by atoms with E-state index in [2.05, 4.69) is 27.2 Å². The van der Waals surface area contributed by atoms with E-state index in [1.165, 1.54) is 21.1 Å². The molecule has 1 aromatic heterocycles. The standard InChI is InChI=1S/C29H31N5O3S2/c35-28(30-15-17-32-18-20-33(21-19-32)29-31-25-8-2-4-10-27(25)38-29)23-11-13-24(14-12-23)39(36,37)34-16-5-7-22-6-1-3-9-26(22)34/h1-4,6,8-14H,5,7,15-21H2,(H,30,35). The summed E-state index contributed by atoms with van der Waals surface area (Å²) in [6, 6.07) is 22.1. The molecule has 0 atom stereocenters. The molecule has 2 aliphatic heterocycles. The highest BCUT2D eigenvalue weighted by Gasteiger charge is 2.29. The van der Waals surface area contributed by atoms with E-state index < -0.39 is 10.0 Å². The highest BCUT2D eigenvalue weighted by atomic mass is 32.2. The van der Waals surface area contributed by atoms with Crippen LogP contribution in [0.1, 0.15) is 22.3 Å². The Morgan fingerprint density at radius 1 is 0.897 bits per heavy atom. The normalized spacial score (nSPS) is 16.3. The molecule has 3 heterocycles. The summed E-state index contributed by atoms with van der Waals surface area (Å²) in [5, 5.41) is 4.05. The van der Waals surface area contributed by atoms with Crippen molar-refractivity contribution in [1.82, 2.24) is 15.2 Å². The number of rotatable bonds is 7. The number of benzene rings is 3. The van der Waals surface area contributed by atoms with Crippen LogP contribution < -0.4 is 14.5 Å². The molecule has 0 aliphatic carbocycles. The van der Waals surface area contributed by atoms with Crippen molar-refractivity contribution in [2.75, 3.05) is 55.0 Å². The second kappa shape index (κ2) is 11.0. The molecule has 3 aromatic carbocycles. The maximum absolute atomic E-state index is 13.4. The monoisotopic (exact) mass is 561 g/mol. The van der Waals surface area contributed by atoms with Gasteiger partial charge < -0.3 is 10.2 Å². The minimum atomic E-state index is -3.69. The molecule has 4 aromatic rings. The van der Waals surface area contributed by atoms with Gasteiger partial charge in [0.05, 0.1) is 20.8 Å². The number of para-hydroxylation sites is 2. The Morgan fingerprint density at radius 2 is 1.64 bits per heavy atom. The van der Waals surface area contributed by atoms with E-state index in [1.807, 2.05) is 36.4 Å². The summed E-state index contributed by atoms with van der Waals surface area (Å²) in [5.74, 6) is -0.199. The summed E-state index contributed by atoms with van der Waals surface area (Å²) in [4.78, 5) is 22.4. The van der Waals surface area contributed by atoms with Crippen LogP contribution in [0.4, 0.5) is 10.8 Å². The van der Waals surface area contributed by atoms with Gasteiger partial charge in [-0.05, 0) is 60.9 Å². The average molecular weight is 562 g/mol. The predicted octanol–water partition coefficient (Wildman–Crippen LogP) is 3.99. The van der Waals surface area contributed by atoms with Gasteiger partial charge in [-0.3, -0.25) is 14.0 Å². The van der Waals surface area contributed by atoms with Gasteiger partial charge in [-0.1, -0.05) is 41.7 Å². The second-order valence-corrected chi connectivity index (χ2v) is 12.8. The zero-order valence-corrected chi connectivity index (χ0v) is 23.3. The third-order valence-electron chi connectivity index (χ3n) is 7.41. The number of piperazine rings is 1. The zero-order valence-electron chi connectivity index (χ0n) is 21.6. The van der Waals surface area contributed by atoms with Crippen molar-refractivity contribution >= 4 is 48.3 Å². The Kier molecular flexibility index (Phi) is 7.24. The molecule has 1 saturated heterocycles.